The van der Waals surface area contributed by atoms with Crippen LogP contribution in [0.5, 0.6) is 5.75 Å². The molecule has 0 aliphatic rings. The molecule has 27 heavy (non-hydrogen) atoms. The molecule has 3 rings (SSSR count). The zero-order chi connectivity index (χ0) is 19.2. The van der Waals surface area contributed by atoms with Gasteiger partial charge in [0.25, 0.3) is 0 Å². The van der Waals surface area contributed by atoms with Crippen LogP contribution >= 0.6 is 0 Å². The van der Waals surface area contributed by atoms with E-state index in [4.69, 9.17) is 4.74 Å². The minimum absolute atomic E-state index is 0.0322. The molecule has 6 nitrogen and oxygen atoms in total. The Hall–Kier alpha value is -3.28. The number of aromatic nitrogens is 1. The van der Waals surface area contributed by atoms with Crippen LogP contribution in [0.3, 0.4) is 0 Å². The van der Waals surface area contributed by atoms with E-state index in [2.05, 4.69) is 10.6 Å². The number of methoxy groups -OCH3 is 1. The molecule has 0 saturated carbocycles. The van der Waals surface area contributed by atoms with Gasteiger partial charge in [0.15, 0.2) is 0 Å². The Kier molecular flexibility index (Phi) is 5.76. The van der Waals surface area contributed by atoms with Crippen molar-refractivity contribution < 1.29 is 14.3 Å². The SMILES string of the molecule is CCCC(=O)Nc1cccc(NC(=O)Cn2ccc3cc(OC)ccc32)c1. The monoisotopic (exact) mass is 365 g/mol. The molecular weight excluding hydrogens is 342 g/mol. The number of anilines is 2. The summed E-state index contributed by atoms with van der Waals surface area (Å²) in [6.45, 7) is 2.15. The van der Waals surface area contributed by atoms with Crippen molar-refractivity contribution in [1.29, 1.82) is 0 Å². The van der Waals surface area contributed by atoms with Gasteiger partial charge in [-0.3, -0.25) is 9.59 Å². The fourth-order valence-corrected chi connectivity index (χ4v) is 2.92. The molecule has 1 aromatic heterocycles. The van der Waals surface area contributed by atoms with E-state index in [-0.39, 0.29) is 18.4 Å². The number of benzene rings is 2. The van der Waals surface area contributed by atoms with Crippen LogP contribution in [0.4, 0.5) is 11.4 Å². The molecule has 2 aromatic carbocycles. The molecule has 6 heteroatoms. The van der Waals surface area contributed by atoms with Crippen molar-refractivity contribution in [1.82, 2.24) is 4.57 Å². The standard InChI is InChI=1S/C21H23N3O3/c1-3-5-20(25)22-16-6-4-7-17(13-16)23-21(26)14-24-11-10-15-12-18(27-2)8-9-19(15)24/h4,6-13H,3,5,14H2,1-2H3,(H,22,25)(H,23,26). The van der Waals surface area contributed by atoms with Crippen LogP contribution in [-0.2, 0) is 16.1 Å². The molecule has 0 spiro atoms. The van der Waals surface area contributed by atoms with Crippen LogP contribution in [0.15, 0.2) is 54.7 Å². The first-order chi connectivity index (χ1) is 13.1. The average molecular weight is 365 g/mol. The number of fused-ring (bicyclic) bond motifs is 1. The summed E-state index contributed by atoms with van der Waals surface area (Å²) in [5.41, 5.74) is 2.28. The molecule has 1 heterocycles. The third kappa shape index (κ3) is 4.67. The summed E-state index contributed by atoms with van der Waals surface area (Å²) in [5, 5.41) is 6.72. The number of nitrogens with one attached hydrogen (secondary N) is 2. The second kappa shape index (κ2) is 8.40. The molecule has 0 unspecified atom stereocenters. The molecule has 2 amide bonds. The lowest BCUT2D eigenvalue weighted by atomic mass is 10.2. The van der Waals surface area contributed by atoms with E-state index in [1.807, 2.05) is 42.0 Å². The number of rotatable bonds is 7. The second-order valence-corrected chi connectivity index (χ2v) is 6.30. The Bertz CT molecular complexity index is 962. The summed E-state index contributed by atoms with van der Waals surface area (Å²) in [6.07, 6.45) is 3.14. The summed E-state index contributed by atoms with van der Waals surface area (Å²) >= 11 is 0. The van der Waals surface area contributed by atoms with Crippen molar-refractivity contribution in [3.05, 3.63) is 54.7 Å². The summed E-state index contributed by atoms with van der Waals surface area (Å²) in [6, 6.07) is 14.9. The van der Waals surface area contributed by atoms with E-state index in [0.29, 0.717) is 17.8 Å². The van der Waals surface area contributed by atoms with Crippen LogP contribution in [0, 0.1) is 0 Å². The van der Waals surface area contributed by atoms with Crippen LogP contribution in [0.2, 0.25) is 0 Å². The van der Waals surface area contributed by atoms with Gasteiger partial charge in [-0.15, -0.1) is 0 Å². The number of carbonyl (C=O) groups excluding carboxylic acids is 2. The third-order valence-corrected chi connectivity index (χ3v) is 4.20. The zero-order valence-electron chi connectivity index (χ0n) is 15.5. The van der Waals surface area contributed by atoms with Gasteiger partial charge in [0, 0.05) is 34.9 Å². The number of amides is 2. The smallest absolute Gasteiger partial charge is 0.244 e. The van der Waals surface area contributed by atoms with Gasteiger partial charge in [0.05, 0.1) is 7.11 Å². The van der Waals surface area contributed by atoms with E-state index in [1.165, 1.54) is 0 Å². The average Bonchev–Trinajstić information content (AvgIpc) is 3.04. The van der Waals surface area contributed by atoms with Gasteiger partial charge in [-0.2, -0.15) is 0 Å². The summed E-state index contributed by atoms with van der Waals surface area (Å²) in [5.74, 6) is 0.613. The largest absolute Gasteiger partial charge is 0.497 e. The molecule has 0 radical (unpaired) electrons. The van der Waals surface area contributed by atoms with Gasteiger partial charge < -0.3 is 19.9 Å². The predicted molar refractivity (Wildman–Crippen MR) is 107 cm³/mol. The van der Waals surface area contributed by atoms with Crippen LogP contribution in [-0.4, -0.2) is 23.5 Å². The van der Waals surface area contributed by atoms with Crippen molar-refractivity contribution in [3.8, 4) is 5.75 Å². The van der Waals surface area contributed by atoms with Crippen molar-refractivity contribution >= 4 is 34.1 Å². The van der Waals surface area contributed by atoms with Gasteiger partial charge in [-0.1, -0.05) is 13.0 Å². The molecule has 0 aliphatic heterocycles. The fraction of sp³-hybridized carbons (Fsp3) is 0.238. The highest BCUT2D eigenvalue weighted by molar-refractivity contribution is 5.94. The van der Waals surface area contributed by atoms with Crippen molar-refractivity contribution in [3.63, 3.8) is 0 Å². The molecule has 3 aromatic rings. The summed E-state index contributed by atoms with van der Waals surface area (Å²) < 4.78 is 7.11. The van der Waals surface area contributed by atoms with E-state index < -0.39 is 0 Å². The molecule has 0 saturated heterocycles. The summed E-state index contributed by atoms with van der Waals surface area (Å²) in [4.78, 5) is 24.2. The maximum atomic E-state index is 12.4. The Morgan fingerprint density at radius 3 is 2.44 bits per heavy atom. The lowest BCUT2D eigenvalue weighted by molar-refractivity contribution is -0.117. The first-order valence-corrected chi connectivity index (χ1v) is 8.91. The summed E-state index contributed by atoms with van der Waals surface area (Å²) in [7, 11) is 1.63. The third-order valence-electron chi connectivity index (χ3n) is 4.20. The number of hydrogen-bond acceptors (Lipinski definition) is 3. The number of hydrogen-bond donors (Lipinski definition) is 2. The second-order valence-electron chi connectivity index (χ2n) is 6.30. The molecule has 0 aliphatic carbocycles. The molecule has 140 valence electrons. The Labute approximate surface area is 158 Å². The van der Waals surface area contributed by atoms with Crippen molar-refractivity contribution in [2.75, 3.05) is 17.7 Å². The van der Waals surface area contributed by atoms with Crippen LogP contribution < -0.4 is 15.4 Å². The van der Waals surface area contributed by atoms with Crippen molar-refractivity contribution in [2.45, 2.75) is 26.3 Å². The van der Waals surface area contributed by atoms with E-state index >= 15 is 0 Å². The van der Waals surface area contributed by atoms with E-state index in [1.54, 1.807) is 31.4 Å². The molecule has 2 N–H and O–H groups in total. The van der Waals surface area contributed by atoms with Crippen molar-refractivity contribution in [2.24, 2.45) is 0 Å². The lowest BCUT2D eigenvalue weighted by Crippen LogP contribution is -2.18. The zero-order valence-corrected chi connectivity index (χ0v) is 15.5. The molecular formula is C21H23N3O3. The van der Waals surface area contributed by atoms with Gasteiger partial charge in [-0.05, 0) is 48.9 Å². The van der Waals surface area contributed by atoms with Crippen LogP contribution in [0.25, 0.3) is 10.9 Å². The first-order valence-electron chi connectivity index (χ1n) is 8.91. The minimum atomic E-state index is -0.139. The van der Waals surface area contributed by atoms with Gasteiger partial charge in [-0.25, -0.2) is 0 Å². The number of carbonyl (C=O) groups is 2. The quantitative estimate of drug-likeness (QED) is 0.664. The molecule has 0 bridgehead atoms. The van der Waals surface area contributed by atoms with Gasteiger partial charge >= 0.3 is 0 Å². The van der Waals surface area contributed by atoms with E-state index in [0.717, 1.165) is 23.1 Å². The topological polar surface area (TPSA) is 72.4 Å². The highest BCUT2D eigenvalue weighted by atomic mass is 16.5. The first kappa shape index (κ1) is 18.5. The maximum Gasteiger partial charge on any atom is 0.244 e. The highest BCUT2D eigenvalue weighted by Gasteiger charge is 2.08. The van der Waals surface area contributed by atoms with Gasteiger partial charge in [0.2, 0.25) is 11.8 Å². The Morgan fingerprint density at radius 2 is 1.74 bits per heavy atom. The Morgan fingerprint density at radius 1 is 1.00 bits per heavy atom. The minimum Gasteiger partial charge on any atom is -0.497 e. The predicted octanol–water partition coefficient (Wildman–Crippen LogP) is 4.03. The highest BCUT2D eigenvalue weighted by Crippen LogP contribution is 2.22. The molecule has 0 atom stereocenters. The van der Waals surface area contributed by atoms with Crippen LogP contribution in [0.1, 0.15) is 19.8 Å². The van der Waals surface area contributed by atoms with Gasteiger partial charge in [0.1, 0.15) is 12.3 Å². The normalized spacial score (nSPS) is 10.6. The lowest BCUT2D eigenvalue weighted by Gasteiger charge is -2.10. The maximum absolute atomic E-state index is 12.4. The number of ether oxygens (including phenoxy) is 1. The fourth-order valence-electron chi connectivity index (χ4n) is 2.92. The number of nitrogens with zero attached hydrogens (tertiary/aromatic N) is 1. The Balaban J connectivity index is 1.67. The molecule has 0 fully saturated rings. The van der Waals surface area contributed by atoms with E-state index in [9.17, 15) is 9.59 Å².